The van der Waals surface area contributed by atoms with Crippen LogP contribution in [-0.4, -0.2) is 60.0 Å². The van der Waals surface area contributed by atoms with Gasteiger partial charge in [0, 0.05) is 26.1 Å². The average Bonchev–Trinajstić information content (AvgIpc) is 2.26. The third kappa shape index (κ3) is 4.03. The summed E-state index contributed by atoms with van der Waals surface area (Å²) in [6, 6.07) is -0.748. The van der Waals surface area contributed by atoms with Gasteiger partial charge in [-0.3, -0.25) is 19.3 Å². The molecular weight excluding hydrogens is 226 g/mol. The first kappa shape index (κ1) is 13.4. The molecular formula is C10H17N3O4. The van der Waals surface area contributed by atoms with Gasteiger partial charge in [0.1, 0.15) is 6.04 Å². The number of amides is 2. The van der Waals surface area contributed by atoms with Crippen molar-refractivity contribution in [1.29, 1.82) is 0 Å². The Balaban J connectivity index is 2.49. The number of hydrogen-bond acceptors (Lipinski definition) is 4. The molecule has 2 amide bonds. The second-order valence-electron chi connectivity index (χ2n) is 3.83. The van der Waals surface area contributed by atoms with Crippen molar-refractivity contribution in [3.8, 4) is 0 Å². The van der Waals surface area contributed by atoms with Crippen LogP contribution >= 0.6 is 0 Å². The third-order valence-electron chi connectivity index (χ3n) is 2.57. The minimum atomic E-state index is -0.985. The molecule has 0 aliphatic carbocycles. The summed E-state index contributed by atoms with van der Waals surface area (Å²) in [5.41, 5.74) is 0. The van der Waals surface area contributed by atoms with E-state index < -0.39 is 12.0 Å². The first-order valence-corrected chi connectivity index (χ1v) is 5.54. The zero-order chi connectivity index (χ0) is 12.8. The Morgan fingerprint density at radius 3 is 2.88 bits per heavy atom. The van der Waals surface area contributed by atoms with Crippen LogP contribution in [0.4, 0.5) is 0 Å². The molecule has 0 aromatic rings. The molecule has 7 nitrogen and oxygen atoms in total. The number of hydrogen-bond donors (Lipinski definition) is 3. The van der Waals surface area contributed by atoms with Gasteiger partial charge in [-0.05, 0) is 6.92 Å². The standard InChI is InChI=1S/C10H17N3O4/c1-2-11-8(14)3-4-13-6-9(15)12-5-7(13)10(16)17/h7H,2-6H2,1H3,(H,11,14)(H,12,15)(H,16,17). The highest BCUT2D eigenvalue weighted by molar-refractivity contribution is 5.83. The van der Waals surface area contributed by atoms with E-state index in [4.69, 9.17) is 5.11 Å². The highest BCUT2D eigenvalue weighted by Gasteiger charge is 2.31. The molecule has 1 aliphatic rings. The molecule has 1 atom stereocenters. The maximum Gasteiger partial charge on any atom is 0.322 e. The van der Waals surface area contributed by atoms with E-state index in [1.54, 1.807) is 0 Å². The first-order valence-electron chi connectivity index (χ1n) is 5.54. The van der Waals surface area contributed by atoms with Crippen LogP contribution in [0.2, 0.25) is 0 Å². The number of carbonyl (C=O) groups is 3. The lowest BCUT2D eigenvalue weighted by Gasteiger charge is -2.32. The molecule has 0 radical (unpaired) electrons. The van der Waals surface area contributed by atoms with Gasteiger partial charge in [0.05, 0.1) is 6.54 Å². The van der Waals surface area contributed by atoms with Crippen molar-refractivity contribution in [1.82, 2.24) is 15.5 Å². The number of nitrogens with one attached hydrogen (secondary N) is 2. The van der Waals surface area contributed by atoms with Crippen molar-refractivity contribution in [2.75, 3.05) is 26.2 Å². The largest absolute Gasteiger partial charge is 0.480 e. The van der Waals surface area contributed by atoms with Crippen molar-refractivity contribution in [2.24, 2.45) is 0 Å². The monoisotopic (exact) mass is 243 g/mol. The number of rotatable bonds is 5. The number of carbonyl (C=O) groups excluding carboxylic acids is 2. The third-order valence-corrected chi connectivity index (χ3v) is 2.57. The van der Waals surface area contributed by atoms with Crippen LogP contribution in [0.3, 0.4) is 0 Å². The van der Waals surface area contributed by atoms with Crippen molar-refractivity contribution in [2.45, 2.75) is 19.4 Å². The predicted molar refractivity (Wildman–Crippen MR) is 59.3 cm³/mol. The summed E-state index contributed by atoms with van der Waals surface area (Å²) in [5, 5.41) is 14.1. The summed E-state index contributed by atoms with van der Waals surface area (Å²) in [4.78, 5) is 34.9. The van der Waals surface area contributed by atoms with Gasteiger partial charge in [0.15, 0.2) is 0 Å². The highest BCUT2D eigenvalue weighted by Crippen LogP contribution is 2.05. The Hall–Kier alpha value is -1.63. The fraction of sp³-hybridized carbons (Fsp3) is 0.700. The summed E-state index contributed by atoms with van der Waals surface area (Å²) in [6.07, 6.45) is 0.199. The van der Waals surface area contributed by atoms with Gasteiger partial charge in [-0.15, -0.1) is 0 Å². The quantitative estimate of drug-likeness (QED) is 0.540. The molecule has 3 N–H and O–H groups in total. The SMILES string of the molecule is CCNC(=O)CCN1CC(=O)NCC1C(=O)O. The molecule has 1 unspecified atom stereocenters. The molecule has 1 fully saturated rings. The summed E-state index contributed by atoms with van der Waals surface area (Å²) in [6.45, 7) is 2.74. The lowest BCUT2D eigenvalue weighted by atomic mass is 10.1. The molecule has 1 saturated heterocycles. The Labute approximate surface area is 99.2 Å². The summed E-state index contributed by atoms with van der Waals surface area (Å²) >= 11 is 0. The van der Waals surface area contributed by atoms with E-state index in [1.807, 2.05) is 6.92 Å². The van der Waals surface area contributed by atoms with E-state index in [0.29, 0.717) is 6.54 Å². The second kappa shape index (κ2) is 6.19. The fourth-order valence-electron chi connectivity index (χ4n) is 1.70. The minimum Gasteiger partial charge on any atom is -0.480 e. The Kier molecular flexibility index (Phi) is 4.89. The van der Waals surface area contributed by atoms with E-state index in [1.165, 1.54) is 4.90 Å². The fourth-order valence-corrected chi connectivity index (χ4v) is 1.70. The van der Waals surface area contributed by atoms with Gasteiger partial charge in [0.25, 0.3) is 0 Å². The lowest BCUT2D eigenvalue weighted by Crippen LogP contribution is -2.57. The van der Waals surface area contributed by atoms with Crippen molar-refractivity contribution >= 4 is 17.8 Å². The highest BCUT2D eigenvalue weighted by atomic mass is 16.4. The topological polar surface area (TPSA) is 98.7 Å². The van der Waals surface area contributed by atoms with Crippen LogP contribution in [0, 0.1) is 0 Å². The molecule has 17 heavy (non-hydrogen) atoms. The molecule has 0 bridgehead atoms. The maximum atomic E-state index is 11.3. The van der Waals surface area contributed by atoms with Crippen molar-refractivity contribution < 1.29 is 19.5 Å². The summed E-state index contributed by atoms with van der Waals surface area (Å²) in [5.74, 6) is -1.33. The second-order valence-corrected chi connectivity index (χ2v) is 3.83. The molecule has 0 spiro atoms. The van der Waals surface area contributed by atoms with Crippen LogP contribution in [0.1, 0.15) is 13.3 Å². The average molecular weight is 243 g/mol. The van der Waals surface area contributed by atoms with Crippen LogP contribution < -0.4 is 10.6 Å². The Morgan fingerprint density at radius 2 is 2.29 bits per heavy atom. The first-order chi connectivity index (χ1) is 8.04. The number of carboxylic acid groups (broad SMARTS) is 1. The van der Waals surface area contributed by atoms with Gasteiger partial charge in [-0.25, -0.2) is 0 Å². The van der Waals surface area contributed by atoms with E-state index >= 15 is 0 Å². The molecule has 7 heteroatoms. The van der Waals surface area contributed by atoms with Crippen LogP contribution in [0.25, 0.3) is 0 Å². The Bertz CT molecular complexity index is 319. The summed E-state index contributed by atoms with van der Waals surface area (Å²) in [7, 11) is 0. The number of aliphatic carboxylic acids is 1. The Morgan fingerprint density at radius 1 is 1.59 bits per heavy atom. The van der Waals surface area contributed by atoms with Crippen LogP contribution in [0.5, 0.6) is 0 Å². The number of carboxylic acids is 1. The molecule has 96 valence electrons. The molecule has 0 saturated carbocycles. The molecule has 1 rings (SSSR count). The van der Waals surface area contributed by atoms with Gasteiger partial charge in [-0.2, -0.15) is 0 Å². The smallest absolute Gasteiger partial charge is 0.322 e. The van der Waals surface area contributed by atoms with Gasteiger partial charge >= 0.3 is 5.97 Å². The predicted octanol–water partition coefficient (Wildman–Crippen LogP) is -1.60. The number of nitrogens with zero attached hydrogens (tertiary/aromatic N) is 1. The van der Waals surface area contributed by atoms with E-state index in [-0.39, 0.29) is 37.9 Å². The molecule has 1 heterocycles. The lowest BCUT2D eigenvalue weighted by molar-refractivity contribution is -0.146. The van der Waals surface area contributed by atoms with E-state index in [2.05, 4.69) is 10.6 Å². The van der Waals surface area contributed by atoms with Crippen LogP contribution in [0.15, 0.2) is 0 Å². The normalized spacial score (nSPS) is 20.8. The molecule has 0 aromatic carbocycles. The number of piperazine rings is 1. The molecule has 0 aromatic heterocycles. The van der Waals surface area contributed by atoms with Crippen molar-refractivity contribution in [3.05, 3.63) is 0 Å². The summed E-state index contributed by atoms with van der Waals surface area (Å²) < 4.78 is 0. The zero-order valence-corrected chi connectivity index (χ0v) is 9.73. The minimum absolute atomic E-state index is 0.0242. The van der Waals surface area contributed by atoms with Crippen LogP contribution in [-0.2, 0) is 14.4 Å². The van der Waals surface area contributed by atoms with Crippen molar-refractivity contribution in [3.63, 3.8) is 0 Å². The van der Waals surface area contributed by atoms with Gasteiger partial charge in [0.2, 0.25) is 11.8 Å². The van der Waals surface area contributed by atoms with E-state index in [0.717, 1.165) is 0 Å². The molecule has 1 aliphatic heterocycles. The zero-order valence-electron chi connectivity index (χ0n) is 9.73. The van der Waals surface area contributed by atoms with E-state index in [9.17, 15) is 14.4 Å². The maximum absolute atomic E-state index is 11.3. The van der Waals surface area contributed by atoms with Gasteiger partial charge < -0.3 is 15.7 Å². The van der Waals surface area contributed by atoms with Gasteiger partial charge in [-0.1, -0.05) is 0 Å².